The quantitative estimate of drug-likeness (QED) is 0.649. The number of ether oxygens (including phenoxy) is 1. The molecule has 2 heterocycles. The van der Waals surface area contributed by atoms with Gasteiger partial charge >= 0.3 is 0 Å². The lowest BCUT2D eigenvalue weighted by Crippen LogP contribution is -2.35. The number of likely N-dealkylation sites (tertiary alicyclic amines) is 1. The lowest BCUT2D eigenvalue weighted by atomic mass is 9.99. The smallest absolute Gasteiger partial charge is 0.254 e. The van der Waals surface area contributed by atoms with Crippen molar-refractivity contribution in [1.29, 1.82) is 0 Å². The Hall–Kier alpha value is -2.04. The number of rotatable bonds is 6. The Morgan fingerprint density at radius 3 is 2.38 bits per heavy atom. The summed E-state index contributed by atoms with van der Waals surface area (Å²) in [4.78, 5) is 17.3. The van der Waals surface area contributed by atoms with Crippen molar-refractivity contribution in [3.8, 4) is 5.75 Å². The van der Waals surface area contributed by atoms with Gasteiger partial charge in [0.05, 0.1) is 6.61 Å². The van der Waals surface area contributed by atoms with Crippen LogP contribution >= 0.6 is 12.4 Å². The second kappa shape index (κ2) is 10.7. The Morgan fingerprint density at radius 1 is 0.897 bits per heavy atom. The highest BCUT2D eigenvalue weighted by Gasteiger charge is 2.21. The van der Waals surface area contributed by atoms with Crippen LogP contribution in [-0.2, 0) is 13.0 Å². The molecule has 0 N–H and O–H groups in total. The average molecular weight is 415 g/mol. The van der Waals surface area contributed by atoms with Crippen molar-refractivity contribution < 1.29 is 9.53 Å². The number of fused-ring (bicyclic) bond motifs is 1. The molecule has 2 aromatic carbocycles. The third kappa shape index (κ3) is 5.74. The topological polar surface area (TPSA) is 32.8 Å². The van der Waals surface area contributed by atoms with E-state index in [-0.39, 0.29) is 18.3 Å². The van der Waals surface area contributed by atoms with Gasteiger partial charge in [0, 0.05) is 25.2 Å². The average Bonchev–Trinajstić information content (AvgIpc) is 2.77. The summed E-state index contributed by atoms with van der Waals surface area (Å²) < 4.78 is 5.87. The van der Waals surface area contributed by atoms with Crippen molar-refractivity contribution in [3.63, 3.8) is 0 Å². The van der Waals surface area contributed by atoms with E-state index in [1.165, 1.54) is 43.5 Å². The number of carbonyl (C=O) groups is 1. The second-order valence-electron chi connectivity index (χ2n) is 7.87. The van der Waals surface area contributed by atoms with Gasteiger partial charge in [0.1, 0.15) is 5.75 Å². The van der Waals surface area contributed by atoms with E-state index in [9.17, 15) is 4.79 Å². The summed E-state index contributed by atoms with van der Waals surface area (Å²) in [5.74, 6) is 0.949. The van der Waals surface area contributed by atoms with E-state index in [1.54, 1.807) is 0 Å². The third-order valence-corrected chi connectivity index (χ3v) is 5.86. The molecule has 1 saturated heterocycles. The number of halogens is 1. The number of hydrogen-bond acceptors (Lipinski definition) is 3. The molecule has 1 fully saturated rings. The molecule has 156 valence electrons. The Morgan fingerprint density at radius 2 is 1.62 bits per heavy atom. The van der Waals surface area contributed by atoms with Crippen LogP contribution in [0.25, 0.3) is 0 Å². The van der Waals surface area contributed by atoms with Crippen LogP contribution in [0.1, 0.15) is 47.2 Å². The molecule has 2 aliphatic rings. The van der Waals surface area contributed by atoms with E-state index in [1.807, 2.05) is 35.2 Å². The van der Waals surface area contributed by atoms with Gasteiger partial charge in [-0.2, -0.15) is 0 Å². The zero-order valence-electron chi connectivity index (χ0n) is 17.0. The van der Waals surface area contributed by atoms with Gasteiger partial charge in [-0.25, -0.2) is 0 Å². The molecule has 2 aliphatic heterocycles. The standard InChI is InChI=1S/C24H30N2O2.ClH/c27-24(26-17-13-20-7-2-3-8-22(20)19-26)21-9-11-23(12-10-21)28-18-6-16-25-14-4-1-5-15-25;/h2-3,7-12H,1,4-6,13-19H2;1H. The summed E-state index contributed by atoms with van der Waals surface area (Å²) in [5.41, 5.74) is 3.36. The molecular formula is C24H31ClN2O2. The zero-order chi connectivity index (χ0) is 19.2. The summed E-state index contributed by atoms with van der Waals surface area (Å²) >= 11 is 0. The molecule has 1 amide bonds. The normalized spacial score (nSPS) is 16.6. The first-order valence-corrected chi connectivity index (χ1v) is 10.6. The summed E-state index contributed by atoms with van der Waals surface area (Å²) in [6, 6.07) is 16.0. The van der Waals surface area contributed by atoms with Gasteiger partial charge in [-0.15, -0.1) is 12.4 Å². The fourth-order valence-electron chi connectivity index (χ4n) is 4.21. The van der Waals surface area contributed by atoms with Crippen molar-refractivity contribution in [3.05, 3.63) is 65.2 Å². The molecule has 2 aromatic rings. The van der Waals surface area contributed by atoms with Crippen LogP contribution in [0.4, 0.5) is 0 Å². The number of amides is 1. The molecule has 0 aromatic heterocycles. The molecule has 0 aliphatic carbocycles. The number of benzene rings is 2. The fraction of sp³-hybridized carbons (Fsp3) is 0.458. The van der Waals surface area contributed by atoms with E-state index in [0.717, 1.165) is 43.9 Å². The van der Waals surface area contributed by atoms with Crippen LogP contribution in [0.2, 0.25) is 0 Å². The molecule has 5 heteroatoms. The van der Waals surface area contributed by atoms with Crippen molar-refractivity contribution in [1.82, 2.24) is 9.80 Å². The monoisotopic (exact) mass is 414 g/mol. The maximum Gasteiger partial charge on any atom is 0.254 e. The lowest BCUT2D eigenvalue weighted by molar-refractivity contribution is 0.0734. The molecule has 0 spiro atoms. The summed E-state index contributed by atoms with van der Waals surface area (Å²) in [7, 11) is 0. The van der Waals surface area contributed by atoms with Crippen molar-refractivity contribution >= 4 is 18.3 Å². The van der Waals surface area contributed by atoms with Crippen molar-refractivity contribution in [2.24, 2.45) is 0 Å². The van der Waals surface area contributed by atoms with Gasteiger partial charge in [-0.3, -0.25) is 4.79 Å². The second-order valence-corrected chi connectivity index (χ2v) is 7.87. The Balaban J connectivity index is 0.00000240. The van der Waals surface area contributed by atoms with Crippen LogP contribution in [0.15, 0.2) is 48.5 Å². The lowest BCUT2D eigenvalue weighted by Gasteiger charge is -2.29. The van der Waals surface area contributed by atoms with Gasteiger partial charge in [0.2, 0.25) is 0 Å². The highest BCUT2D eigenvalue weighted by Crippen LogP contribution is 2.21. The molecule has 0 radical (unpaired) electrons. The SMILES string of the molecule is Cl.O=C(c1ccc(OCCCN2CCCCC2)cc1)N1CCc2ccccc2C1. The number of carbonyl (C=O) groups excluding carboxylic acids is 1. The highest BCUT2D eigenvalue weighted by atomic mass is 35.5. The van der Waals surface area contributed by atoms with Crippen LogP contribution in [0.3, 0.4) is 0 Å². The third-order valence-electron chi connectivity index (χ3n) is 5.86. The van der Waals surface area contributed by atoms with E-state index in [2.05, 4.69) is 23.1 Å². The highest BCUT2D eigenvalue weighted by molar-refractivity contribution is 5.94. The number of hydrogen-bond donors (Lipinski definition) is 0. The Bertz CT molecular complexity index is 788. The van der Waals surface area contributed by atoms with Gasteiger partial charge in [0.25, 0.3) is 5.91 Å². The maximum absolute atomic E-state index is 12.8. The molecule has 4 nitrogen and oxygen atoms in total. The molecular weight excluding hydrogens is 384 g/mol. The van der Waals surface area contributed by atoms with Gasteiger partial charge in [-0.05, 0) is 74.2 Å². The first-order chi connectivity index (χ1) is 13.8. The largest absolute Gasteiger partial charge is 0.494 e. The molecule has 29 heavy (non-hydrogen) atoms. The molecule has 0 bridgehead atoms. The molecule has 4 rings (SSSR count). The van der Waals surface area contributed by atoms with Gasteiger partial charge < -0.3 is 14.5 Å². The van der Waals surface area contributed by atoms with Gasteiger partial charge in [-0.1, -0.05) is 30.7 Å². The zero-order valence-corrected chi connectivity index (χ0v) is 17.8. The Labute approximate surface area is 180 Å². The minimum absolute atomic E-state index is 0. The van der Waals surface area contributed by atoms with E-state index in [4.69, 9.17) is 4.74 Å². The number of nitrogens with zero attached hydrogens (tertiary/aromatic N) is 2. The predicted molar refractivity (Wildman–Crippen MR) is 119 cm³/mol. The summed E-state index contributed by atoms with van der Waals surface area (Å²) in [6.07, 6.45) is 6.02. The van der Waals surface area contributed by atoms with Gasteiger partial charge in [0.15, 0.2) is 0 Å². The number of piperidine rings is 1. The van der Waals surface area contributed by atoms with Crippen LogP contribution in [0, 0.1) is 0 Å². The predicted octanol–water partition coefficient (Wildman–Crippen LogP) is 4.56. The maximum atomic E-state index is 12.8. The first kappa shape index (κ1) is 21.7. The van der Waals surface area contributed by atoms with Crippen molar-refractivity contribution in [2.75, 3.05) is 32.8 Å². The molecule has 0 unspecified atom stereocenters. The van der Waals surface area contributed by atoms with Crippen LogP contribution < -0.4 is 4.74 Å². The molecule has 0 atom stereocenters. The van der Waals surface area contributed by atoms with Crippen LogP contribution in [-0.4, -0.2) is 48.5 Å². The van der Waals surface area contributed by atoms with Crippen LogP contribution in [0.5, 0.6) is 5.75 Å². The van der Waals surface area contributed by atoms with Crippen molar-refractivity contribution in [2.45, 2.75) is 38.6 Å². The first-order valence-electron chi connectivity index (χ1n) is 10.6. The molecule has 0 saturated carbocycles. The van der Waals surface area contributed by atoms with E-state index in [0.29, 0.717) is 6.54 Å². The fourth-order valence-corrected chi connectivity index (χ4v) is 4.21. The van der Waals surface area contributed by atoms with E-state index >= 15 is 0 Å². The minimum Gasteiger partial charge on any atom is -0.494 e. The minimum atomic E-state index is 0. The summed E-state index contributed by atoms with van der Waals surface area (Å²) in [6.45, 7) is 5.80. The van der Waals surface area contributed by atoms with E-state index < -0.39 is 0 Å². The summed E-state index contributed by atoms with van der Waals surface area (Å²) in [5, 5.41) is 0. The Kier molecular flexibility index (Phi) is 7.96.